The maximum Gasteiger partial charge on any atom is 0.119 e. The largest absolute Gasteiger partial charge is 0.491 e. The van der Waals surface area contributed by atoms with Crippen LogP contribution >= 0.6 is 11.6 Å². The van der Waals surface area contributed by atoms with Gasteiger partial charge in [0.25, 0.3) is 0 Å². The van der Waals surface area contributed by atoms with Crippen LogP contribution in [0.25, 0.3) is 0 Å². The zero-order valence-electron chi connectivity index (χ0n) is 9.91. The van der Waals surface area contributed by atoms with Gasteiger partial charge in [-0.2, -0.15) is 0 Å². The summed E-state index contributed by atoms with van der Waals surface area (Å²) in [6.45, 7) is 6.27. The Bertz CT molecular complexity index is 282. The van der Waals surface area contributed by atoms with Gasteiger partial charge in [-0.05, 0) is 23.6 Å². The van der Waals surface area contributed by atoms with Crippen molar-refractivity contribution in [2.45, 2.75) is 19.7 Å². The Morgan fingerprint density at radius 1 is 1.12 bits per heavy atom. The minimum atomic E-state index is 0.539. The fourth-order valence-corrected chi connectivity index (χ4v) is 1.39. The number of rotatable bonds is 7. The summed E-state index contributed by atoms with van der Waals surface area (Å²) >= 11 is 5.69. The van der Waals surface area contributed by atoms with Crippen molar-refractivity contribution in [1.82, 2.24) is 0 Å². The molecule has 16 heavy (non-hydrogen) atoms. The Kier molecular flexibility index (Phi) is 6.27. The monoisotopic (exact) mass is 242 g/mol. The highest BCUT2D eigenvalue weighted by molar-refractivity contribution is 6.17. The lowest BCUT2D eigenvalue weighted by molar-refractivity contribution is 0.0819. The summed E-state index contributed by atoms with van der Waals surface area (Å²) in [7, 11) is 0. The molecule has 0 aliphatic carbocycles. The highest BCUT2D eigenvalue weighted by Gasteiger charge is 1.96. The van der Waals surface area contributed by atoms with Crippen LogP contribution in [0.1, 0.15) is 19.4 Å². The molecule has 1 aromatic carbocycles. The molecular formula is C13H19ClO2. The average molecular weight is 243 g/mol. The van der Waals surface area contributed by atoms with Gasteiger partial charge >= 0.3 is 0 Å². The molecule has 0 aliphatic heterocycles. The summed E-state index contributed by atoms with van der Waals surface area (Å²) in [5.74, 6) is 1.97. The van der Waals surface area contributed by atoms with Gasteiger partial charge in [0.05, 0.1) is 6.61 Å². The third-order valence-corrected chi connectivity index (χ3v) is 2.33. The average Bonchev–Trinajstić information content (AvgIpc) is 2.29. The minimum Gasteiger partial charge on any atom is -0.491 e. The molecule has 0 N–H and O–H groups in total. The van der Waals surface area contributed by atoms with Gasteiger partial charge in [-0.1, -0.05) is 26.0 Å². The molecule has 1 rings (SSSR count). The maximum atomic E-state index is 5.69. The molecule has 0 aromatic heterocycles. The first-order chi connectivity index (χ1) is 7.72. The van der Waals surface area contributed by atoms with Gasteiger partial charge < -0.3 is 9.47 Å². The van der Waals surface area contributed by atoms with E-state index in [0.717, 1.165) is 17.9 Å². The van der Waals surface area contributed by atoms with E-state index in [4.69, 9.17) is 21.1 Å². The summed E-state index contributed by atoms with van der Waals surface area (Å²) in [6.07, 6.45) is 0. The topological polar surface area (TPSA) is 18.5 Å². The predicted octanol–water partition coefficient (Wildman–Crippen LogP) is 3.48. The van der Waals surface area contributed by atoms with Crippen LogP contribution in [0.2, 0.25) is 0 Å². The molecule has 0 atom stereocenters. The van der Waals surface area contributed by atoms with Crippen molar-refractivity contribution < 1.29 is 9.47 Å². The highest BCUT2D eigenvalue weighted by Crippen LogP contribution is 2.13. The van der Waals surface area contributed by atoms with Crippen molar-refractivity contribution in [3.05, 3.63) is 29.8 Å². The standard InChI is InChI=1S/C13H19ClO2/c1-11(2)10-15-7-8-16-13-5-3-12(9-14)4-6-13/h3-6,11H,7-10H2,1-2H3. The Morgan fingerprint density at radius 2 is 1.81 bits per heavy atom. The molecule has 0 heterocycles. The second-order valence-electron chi connectivity index (χ2n) is 4.09. The summed E-state index contributed by atoms with van der Waals surface area (Å²) in [4.78, 5) is 0. The molecular weight excluding hydrogens is 224 g/mol. The number of halogens is 1. The number of hydrogen-bond acceptors (Lipinski definition) is 2. The fourth-order valence-electron chi connectivity index (χ4n) is 1.21. The fraction of sp³-hybridized carbons (Fsp3) is 0.538. The third kappa shape index (κ3) is 5.38. The van der Waals surface area contributed by atoms with Crippen LogP contribution in [-0.4, -0.2) is 19.8 Å². The van der Waals surface area contributed by atoms with Crippen molar-refractivity contribution in [3.8, 4) is 5.75 Å². The molecule has 0 saturated heterocycles. The molecule has 0 unspecified atom stereocenters. The van der Waals surface area contributed by atoms with Gasteiger partial charge in [-0.25, -0.2) is 0 Å². The van der Waals surface area contributed by atoms with Crippen molar-refractivity contribution in [2.75, 3.05) is 19.8 Å². The van der Waals surface area contributed by atoms with Gasteiger partial charge in [0.15, 0.2) is 0 Å². The van der Waals surface area contributed by atoms with E-state index in [2.05, 4.69) is 13.8 Å². The van der Waals surface area contributed by atoms with Crippen LogP contribution in [0.3, 0.4) is 0 Å². The molecule has 0 aliphatic rings. The first-order valence-electron chi connectivity index (χ1n) is 5.58. The van der Waals surface area contributed by atoms with Crippen LogP contribution in [0.15, 0.2) is 24.3 Å². The smallest absolute Gasteiger partial charge is 0.119 e. The van der Waals surface area contributed by atoms with Crippen molar-refractivity contribution >= 4 is 11.6 Å². The molecule has 3 heteroatoms. The normalized spacial score (nSPS) is 10.8. The lowest BCUT2D eigenvalue weighted by atomic mass is 10.2. The molecule has 0 bridgehead atoms. The van der Waals surface area contributed by atoms with Crippen molar-refractivity contribution in [3.63, 3.8) is 0 Å². The maximum absolute atomic E-state index is 5.69. The van der Waals surface area contributed by atoms with Gasteiger partial charge in [-0.3, -0.25) is 0 Å². The van der Waals surface area contributed by atoms with E-state index in [-0.39, 0.29) is 0 Å². The lowest BCUT2D eigenvalue weighted by Crippen LogP contribution is -2.10. The van der Waals surface area contributed by atoms with E-state index in [1.54, 1.807) is 0 Å². The molecule has 0 fully saturated rings. The molecule has 1 aromatic rings. The first-order valence-corrected chi connectivity index (χ1v) is 6.11. The zero-order valence-corrected chi connectivity index (χ0v) is 10.7. The van der Waals surface area contributed by atoms with E-state index in [1.165, 1.54) is 0 Å². The number of ether oxygens (including phenoxy) is 2. The number of benzene rings is 1. The zero-order chi connectivity index (χ0) is 11.8. The van der Waals surface area contributed by atoms with Gasteiger partial charge in [0, 0.05) is 12.5 Å². The van der Waals surface area contributed by atoms with Gasteiger partial charge in [0.1, 0.15) is 12.4 Å². The molecule has 0 saturated carbocycles. The van der Waals surface area contributed by atoms with E-state index >= 15 is 0 Å². The quantitative estimate of drug-likeness (QED) is 0.538. The molecule has 0 amide bonds. The van der Waals surface area contributed by atoms with Crippen LogP contribution in [0.5, 0.6) is 5.75 Å². The van der Waals surface area contributed by atoms with Crippen LogP contribution < -0.4 is 4.74 Å². The summed E-state index contributed by atoms with van der Waals surface area (Å²) in [5.41, 5.74) is 1.10. The summed E-state index contributed by atoms with van der Waals surface area (Å²) in [5, 5.41) is 0. The Morgan fingerprint density at radius 3 is 2.38 bits per heavy atom. The van der Waals surface area contributed by atoms with Gasteiger partial charge in [-0.15, -0.1) is 11.6 Å². The van der Waals surface area contributed by atoms with E-state index in [0.29, 0.717) is 25.0 Å². The summed E-state index contributed by atoms with van der Waals surface area (Å²) in [6, 6.07) is 7.80. The highest BCUT2D eigenvalue weighted by atomic mass is 35.5. The predicted molar refractivity (Wildman–Crippen MR) is 67.2 cm³/mol. The van der Waals surface area contributed by atoms with Crippen molar-refractivity contribution in [1.29, 1.82) is 0 Å². The minimum absolute atomic E-state index is 0.539. The Balaban J connectivity index is 2.16. The Hall–Kier alpha value is -0.730. The summed E-state index contributed by atoms with van der Waals surface area (Å²) < 4.78 is 10.9. The van der Waals surface area contributed by atoms with Crippen LogP contribution in [-0.2, 0) is 10.6 Å². The van der Waals surface area contributed by atoms with E-state index in [1.807, 2.05) is 24.3 Å². The Labute approximate surface area is 103 Å². The molecule has 2 nitrogen and oxygen atoms in total. The molecule has 90 valence electrons. The number of alkyl halides is 1. The first kappa shape index (κ1) is 13.3. The van der Waals surface area contributed by atoms with Crippen molar-refractivity contribution in [2.24, 2.45) is 5.92 Å². The lowest BCUT2D eigenvalue weighted by Gasteiger charge is -2.08. The second-order valence-corrected chi connectivity index (χ2v) is 4.36. The molecule has 0 radical (unpaired) electrons. The third-order valence-electron chi connectivity index (χ3n) is 2.03. The van der Waals surface area contributed by atoms with Crippen LogP contribution in [0, 0.1) is 5.92 Å². The number of hydrogen-bond donors (Lipinski definition) is 0. The van der Waals surface area contributed by atoms with E-state index < -0.39 is 0 Å². The van der Waals surface area contributed by atoms with Gasteiger partial charge in [0.2, 0.25) is 0 Å². The molecule has 0 spiro atoms. The SMILES string of the molecule is CC(C)COCCOc1ccc(CCl)cc1. The van der Waals surface area contributed by atoms with E-state index in [9.17, 15) is 0 Å². The second kappa shape index (κ2) is 7.53. The van der Waals surface area contributed by atoms with Crippen LogP contribution in [0.4, 0.5) is 0 Å².